The molecular weight excluding hydrogens is 214 g/mol. The maximum atomic E-state index is 9.27. The highest BCUT2D eigenvalue weighted by Crippen LogP contribution is 2.23. The first-order valence-electron chi connectivity index (χ1n) is 6.54. The number of likely N-dealkylation sites (N-methyl/N-ethyl adjacent to an activating group) is 1. The lowest BCUT2D eigenvalue weighted by molar-refractivity contribution is 0.145. The molecule has 1 rings (SSSR count). The predicted molar refractivity (Wildman–Crippen MR) is 68.8 cm³/mol. The largest absolute Gasteiger partial charge is 0.383 e. The normalized spacial score (nSPS) is 19.0. The Morgan fingerprint density at radius 2 is 2.18 bits per heavy atom. The van der Waals surface area contributed by atoms with Crippen molar-refractivity contribution in [2.45, 2.75) is 44.7 Å². The Kier molecular flexibility index (Phi) is 5.90. The van der Waals surface area contributed by atoms with Crippen LogP contribution in [-0.2, 0) is 4.74 Å². The third-order valence-electron chi connectivity index (χ3n) is 3.33. The molecule has 1 N–H and O–H groups in total. The fraction of sp³-hybridized carbons (Fsp3) is 0.923. The van der Waals surface area contributed by atoms with E-state index >= 15 is 0 Å². The van der Waals surface area contributed by atoms with Crippen molar-refractivity contribution in [1.29, 1.82) is 5.26 Å². The fourth-order valence-electron chi connectivity index (χ4n) is 1.87. The van der Waals surface area contributed by atoms with Crippen molar-refractivity contribution in [3.63, 3.8) is 0 Å². The first-order valence-corrected chi connectivity index (χ1v) is 6.54. The lowest BCUT2D eigenvalue weighted by Gasteiger charge is -2.27. The second-order valence-corrected chi connectivity index (χ2v) is 5.04. The van der Waals surface area contributed by atoms with Gasteiger partial charge in [-0.05, 0) is 32.7 Å². The van der Waals surface area contributed by atoms with E-state index in [1.54, 1.807) is 7.11 Å². The quantitative estimate of drug-likeness (QED) is 0.660. The van der Waals surface area contributed by atoms with Crippen LogP contribution in [0.4, 0.5) is 0 Å². The standard InChI is InChI=1S/C13H25N3O/c1-4-16(9-10-17-3)8-7-13(2,11-14)15-12-5-6-12/h12,15H,4-10H2,1-3H3. The van der Waals surface area contributed by atoms with Gasteiger partial charge in [0.1, 0.15) is 5.54 Å². The molecule has 0 aromatic carbocycles. The maximum absolute atomic E-state index is 9.27. The second kappa shape index (κ2) is 6.95. The van der Waals surface area contributed by atoms with Crippen LogP contribution in [0.15, 0.2) is 0 Å². The third-order valence-corrected chi connectivity index (χ3v) is 3.33. The Morgan fingerprint density at radius 3 is 2.65 bits per heavy atom. The molecule has 4 heteroatoms. The molecule has 1 fully saturated rings. The summed E-state index contributed by atoms with van der Waals surface area (Å²) in [6, 6.07) is 2.99. The molecular formula is C13H25N3O. The average molecular weight is 239 g/mol. The highest BCUT2D eigenvalue weighted by Gasteiger charge is 2.32. The smallest absolute Gasteiger partial charge is 0.105 e. The minimum absolute atomic E-state index is 0.373. The maximum Gasteiger partial charge on any atom is 0.105 e. The molecule has 0 aliphatic heterocycles. The zero-order chi connectivity index (χ0) is 12.7. The van der Waals surface area contributed by atoms with Crippen molar-refractivity contribution in [1.82, 2.24) is 10.2 Å². The number of hydrogen-bond acceptors (Lipinski definition) is 4. The summed E-state index contributed by atoms with van der Waals surface area (Å²) in [5, 5.41) is 12.7. The zero-order valence-electron chi connectivity index (χ0n) is 11.3. The van der Waals surface area contributed by atoms with Gasteiger partial charge in [-0.1, -0.05) is 6.92 Å². The van der Waals surface area contributed by atoms with Gasteiger partial charge in [-0.3, -0.25) is 5.32 Å². The van der Waals surface area contributed by atoms with Gasteiger partial charge < -0.3 is 9.64 Å². The Labute approximate surface area is 105 Å². The topological polar surface area (TPSA) is 48.3 Å². The van der Waals surface area contributed by atoms with E-state index in [2.05, 4.69) is 23.2 Å². The second-order valence-electron chi connectivity index (χ2n) is 5.04. The average Bonchev–Trinajstić information content (AvgIpc) is 3.13. The van der Waals surface area contributed by atoms with E-state index in [-0.39, 0.29) is 5.54 Å². The number of methoxy groups -OCH3 is 1. The lowest BCUT2D eigenvalue weighted by Crippen LogP contribution is -2.45. The van der Waals surface area contributed by atoms with E-state index in [0.717, 1.165) is 32.7 Å². The number of nitrogens with zero attached hydrogens (tertiary/aromatic N) is 2. The molecule has 0 amide bonds. The summed E-state index contributed by atoms with van der Waals surface area (Å²) < 4.78 is 5.08. The number of ether oxygens (including phenoxy) is 1. The van der Waals surface area contributed by atoms with Gasteiger partial charge in [-0.2, -0.15) is 5.26 Å². The van der Waals surface area contributed by atoms with Gasteiger partial charge in [0, 0.05) is 26.2 Å². The molecule has 0 aromatic heterocycles. The van der Waals surface area contributed by atoms with E-state index in [4.69, 9.17) is 4.74 Å². The van der Waals surface area contributed by atoms with Crippen LogP contribution in [0.25, 0.3) is 0 Å². The van der Waals surface area contributed by atoms with E-state index in [1.165, 1.54) is 12.8 Å². The molecule has 0 saturated heterocycles. The molecule has 0 bridgehead atoms. The van der Waals surface area contributed by atoms with Crippen LogP contribution in [0.5, 0.6) is 0 Å². The lowest BCUT2D eigenvalue weighted by atomic mass is 9.99. The minimum Gasteiger partial charge on any atom is -0.383 e. The molecule has 1 aliphatic rings. The monoisotopic (exact) mass is 239 g/mol. The van der Waals surface area contributed by atoms with E-state index in [1.807, 2.05) is 6.92 Å². The first-order chi connectivity index (χ1) is 8.13. The Bertz CT molecular complexity index is 260. The van der Waals surface area contributed by atoms with Crippen molar-refractivity contribution >= 4 is 0 Å². The summed E-state index contributed by atoms with van der Waals surface area (Å²) in [5.41, 5.74) is -0.373. The van der Waals surface area contributed by atoms with Gasteiger partial charge in [-0.15, -0.1) is 0 Å². The van der Waals surface area contributed by atoms with Crippen LogP contribution >= 0.6 is 0 Å². The summed E-state index contributed by atoms with van der Waals surface area (Å²) in [6.45, 7) is 7.81. The molecule has 1 aliphatic carbocycles. The molecule has 1 unspecified atom stereocenters. The highest BCUT2D eigenvalue weighted by molar-refractivity contribution is 5.07. The first kappa shape index (κ1) is 14.4. The van der Waals surface area contributed by atoms with E-state index in [9.17, 15) is 5.26 Å². The molecule has 1 saturated carbocycles. The van der Waals surface area contributed by atoms with Crippen molar-refractivity contribution < 1.29 is 4.74 Å². The molecule has 17 heavy (non-hydrogen) atoms. The molecule has 4 nitrogen and oxygen atoms in total. The summed E-state index contributed by atoms with van der Waals surface area (Å²) in [4.78, 5) is 2.33. The molecule has 1 atom stereocenters. The highest BCUT2D eigenvalue weighted by atomic mass is 16.5. The summed E-state index contributed by atoms with van der Waals surface area (Å²) in [7, 11) is 1.72. The van der Waals surface area contributed by atoms with E-state index in [0.29, 0.717) is 6.04 Å². The van der Waals surface area contributed by atoms with Gasteiger partial charge in [0.15, 0.2) is 0 Å². The van der Waals surface area contributed by atoms with Crippen LogP contribution in [0.1, 0.15) is 33.1 Å². The van der Waals surface area contributed by atoms with Crippen LogP contribution in [0.3, 0.4) is 0 Å². The van der Waals surface area contributed by atoms with E-state index < -0.39 is 0 Å². The summed E-state index contributed by atoms with van der Waals surface area (Å²) in [5.74, 6) is 0. The van der Waals surface area contributed by atoms with Gasteiger partial charge in [0.25, 0.3) is 0 Å². The van der Waals surface area contributed by atoms with Crippen LogP contribution in [0.2, 0.25) is 0 Å². The van der Waals surface area contributed by atoms with Crippen LogP contribution in [0, 0.1) is 11.3 Å². The van der Waals surface area contributed by atoms with Gasteiger partial charge in [0.2, 0.25) is 0 Å². The van der Waals surface area contributed by atoms with Crippen LogP contribution in [-0.4, -0.2) is 49.8 Å². The van der Waals surface area contributed by atoms with Crippen molar-refractivity contribution in [3.8, 4) is 6.07 Å². The molecule has 98 valence electrons. The van der Waals surface area contributed by atoms with Gasteiger partial charge >= 0.3 is 0 Å². The number of nitrogens with one attached hydrogen (secondary N) is 1. The number of hydrogen-bond donors (Lipinski definition) is 1. The molecule has 0 heterocycles. The van der Waals surface area contributed by atoms with Crippen molar-refractivity contribution in [2.75, 3.05) is 33.4 Å². The van der Waals surface area contributed by atoms with Crippen LogP contribution < -0.4 is 5.32 Å². The molecule has 0 aromatic rings. The number of nitriles is 1. The molecule has 0 spiro atoms. The van der Waals surface area contributed by atoms with Gasteiger partial charge in [0.05, 0.1) is 12.7 Å². The predicted octanol–water partition coefficient (Wildman–Crippen LogP) is 1.38. The Morgan fingerprint density at radius 1 is 1.47 bits per heavy atom. The third kappa shape index (κ3) is 5.49. The zero-order valence-corrected chi connectivity index (χ0v) is 11.3. The SMILES string of the molecule is CCN(CCOC)CCC(C)(C#N)NC1CC1. The number of rotatable bonds is 9. The van der Waals surface area contributed by atoms with Crippen molar-refractivity contribution in [2.24, 2.45) is 0 Å². The Hall–Kier alpha value is -0.630. The fourth-order valence-corrected chi connectivity index (χ4v) is 1.87. The Balaban J connectivity index is 2.31. The van der Waals surface area contributed by atoms with Crippen molar-refractivity contribution in [3.05, 3.63) is 0 Å². The summed E-state index contributed by atoms with van der Waals surface area (Å²) >= 11 is 0. The minimum atomic E-state index is -0.373. The molecule has 0 radical (unpaired) electrons. The van der Waals surface area contributed by atoms with Gasteiger partial charge in [-0.25, -0.2) is 0 Å². The summed E-state index contributed by atoms with van der Waals surface area (Å²) in [6.07, 6.45) is 3.31.